The molecular formula is C20H19ClFN3O4. The fourth-order valence-electron chi connectivity index (χ4n) is 4.14. The van der Waals surface area contributed by atoms with Crippen molar-refractivity contribution in [2.24, 2.45) is 7.05 Å². The fourth-order valence-corrected chi connectivity index (χ4v) is 4.26. The summed E-state index contributed by atoms with van der Waals surface area (Å²) >= 11 is 5.61. The fraction of sp³-hybridized carbons (Fsp3) is 0.350. The number of ether oxygens (including phenoxy) is 1. The third-order valence-corrected chi connectivity index (χ3v) is 5.73. The van der Waals surface area contributed by atoms with E-state index in [1.165, 1.54) is 35.0 Å². The number of hydrogen-bond acceptors (Lipinski definition) is 4. The predicted octanol–water partition coefficient (Wildman–Crippen LogP) is 1.78. The van der Waals surface area contributed by atoms with E-state index in [2.05, 4.69) is 10.6 Å². The number of carbonyl (C=O) groups is 2. The highest BCUT2D eigenvalue weighted by Crippen LogP contribution is 2.60. The topological polar surface area (TPSA) is 89.4 Å². The Morgan fingerprint density at radius 2 is 1.86 bits per heavy atom. The van der Waals surface area contributed by atoms with Crippen molar-refractivity contribution in [2.75, 3.05) is 6.61 Å². The van der Waals surface area contributed by atoms with Crippen LogP contribution in [-0.4, -0.2) is 34.1 Å². The molecule has 1 heterocycles. The summed E-state index contributed by atoms with van der Waals surface area (Å²) in [6, 6.07) is 6.83. The average Bonchev–Trinajstić information content (AvgIpc) is 2.62. The standard InChI is InChI=1S/C20H19ClFN3O4/c1-25-7-12(2-5-17(25)27)18(28)24-20-9-19(10-20,11-20)23-16(26)8-29-13-3-4-14(21)15(22)6-13/h2-7H,8-11H2,1H3,(H,23,26)(H,24,28). The van der Waals surface area contributed by atoms with Gasteiger partial charge < -0.3 is 19.9 Å². The minimum absolute atomic E-state index is 0.0132. The van der Waals surface area contributed by atoms with Gasteiger partial charge in [-0.05, 0) is 37.5 Å². The molecule has 0 aliphatic heterocycles. The number of hydrogen-bond donors (Lipinski definition) is 2. The first-order chi connectivity index (χ1) is 13.7. The van der Waals surface area contributed by atoms with Crippen LogP contribution >= 0.6 is 11.6 Å². The summed E-state index contributed by atoms with van der Waals surface area (Å²) < 4.78 is 20.0. The first-order valence-electron chi connectivity index (χ1n) is 9.07. The van der Waals surface area contributed by atoms with Crippen LogP contribution in [0, 0.1) is 5.82 Å². The number of aromatic nitrogens is 1. The summed E-state index contributed by atoms with van der Waals surface area (Å²) in [5.74, 6) is -0.938. The molecule has 2 bridgehead atoms. The SMILES string of the molecule is Cn1cc(C(=O)NC23CC(NC(=O)COc4ccc(Cl)c(F)c4)(C2)C3)ccc1=O. The third-order valence-electron chi connectivity index (χ3n) is 5.42. The zero-order chi connectivity index (χ0) is 20.8. The maximum absolute atomic E-state index is 13.4. The van der Waals surface area contributed by atoms with Crippen LogP contribution in [0.25, 0.3) is 0 Å². The first kappa shape index (κ1) is 19.4. The first-order valence-corrected chi connectivity index (χ1v) is 9.45. The second-order valence-corrected chi connectivity index (χ2v) is 8.23. The lowest BCUT2D eigenvalue weighted by Gasteiger charge is -2.70. The van der Waals surface area contributed by atoms with E-state index in [-0.39, 0.29) is 45.8 Å². The highest BCUT2D eigenvalue weighted by molar-refractivity contribution is 6.30. The van der Waals surface area contributed by atoms with Crippen molar-refractivity contribution >= 4 is 23.4 Å². The third kappa shape index (κ3) is 3.72. The average molecular weight is 420 g/mol. The van der Waals surface area contributed by atoms with E-state index in [4.69, 9.17) is 16.3 Å². The van der Waals surface area contributed by atoms with E-state index >= 15 is 0 Å². The smallest absolute Gasteiger partial charge is 0.258 e. The normalized spacial score (nSPS) is 24.1. The van der Waals surface area contributed by atoms with E-state index in [1.807, 2.05) is 0 Å². The van der Waals surface area contributed by atoms with Crippen LogP contribution in [0.5, 0.6) is 5.75 Å². The van der Waals surface area contributed by atoms with Crippen molar-refractivity contribution in [2.45, 2.75) is 30.3 Å². The molecule has 9 heteroatoms. The lowest BCUT2D eigenvalue weighted by Crippen LogP contribution is -2.84. The van der Waals surface area contributed by atoms with Gasteiger partial charge in [0.1, 0.15) is 11.6 Å². The van der Waals surface area contributed by atoms with E-state index in [0.29, 0.717) is 24.8 Å². The number of halogens is 2. The molecule has 2 N–H and O–H groups in total. The van der Waals surface area contributed by atoms with Gasteiger partial charge in [-0.3, -0.25) is 14.4 Å². The van der Waals surface area contributed by atoms with Gasteiger partial charge in [0.15, 0.2) is 6.61 Å². The lowest BCUT2D eigenvalue weighted by atomic mass is 9.44. The second kappa shape index (κ2) is 6.88. The number of nitrogens with zero attached hydrogens (tertiary/aromatic N) is 1. The Labute approximate surface area is 170 Å². The van der Waals surface area contributed by atoms with Crippen molar-refractivity contribution in [1.82, 2.24) is 15.2 Å². The van der Waals surface area contributed by atoms with Crippen LogP contribution in [0.2, 0.25) is 5.02 Å². The van der Waals surface area contributed by atoms with E-state index < -0.39 is 5.82 Å². The van der Waals surface area contributed by atoms with Crippen LogP contribution < -0.4 is 20.9 Å². The van der Waals surface area contributed by atoms with Crippen molar-refractivity contribution in [3.63, 3.8) is 0 Å². The largest absolute Gasteiger partial charge is 0.484 e. The quantitative estimate of drug-likeness (QED) is 0.747. The maximum atomic E-state index is 13.4. The van der Waals surface area contributed by atoms with Crippen molar-refractivity contribution in [1.29, 1.82) is 0 Å². The van der Waals surface area contributed by atoms with Crippen LogP contribution in [0.15, 0.2) is 41.3 Å². The molecule has 2 aromatic rings. The molecule has 7 nitrogen and oxygen atoms in total. The molecule has 0 spiro atoms. The molecule has 3 aliphatic rings. The summed E-state index contributed by atoms with van der Waals surface area (Å²) in [6.45, 7) is -0.236. The molecule has 0 radical (unpaired) electrons. The Bertz CT molecular complexity index is 1050. The summed E-state index contributed by atoms with van der Waals surface area (Å²) in [7, 11) is 1.59. The van der Waals surface area contributed by atoms with Crippen LogP contribution in [0.3, 0.4) is 0 Å². The lowest BCUT2D eigenvalue weighted by molar-refractivity contribution is -0.141. The van der Waals surface area contributed by atoms with Gasteiger partial charge in [0.05, 0.1) is 10.6 Å². The Morgan fingerprint density at radius 3 is 2.52 bits per heavy atom. The van der Waals surface area contributed by atoms with E-state index in [9.17, 15) is 18.8 Å². The minimum Gasteiger partial charge on any atom is -0.484 e. The number of aryl methyl sites for hydroxylation is 1. The molecule has 0 saturated heterocycles. The van der Waals surface area contributed by atoms with Crippen LogP contribution in [0.1, 0.15) is 29.6 Å². The second-order valence-electron chi connectivity index (χ2n) is 7.82. The van der Waals surface area contributed by atoms with Gasteiger partial charge >= 0.3 is 0 Å². The maximum Gasteiger partial charge on any atom is 0.258 e. The number of carbonyl (C=O) groups excluding carboxylic acids is 2. The van der Waals surface area contributed by atoms with E-state index in [1.54, 1.807) is 7.05 Å². The van der Waals surface area contributed by atoms with Crippen molar-refractivity contribution < 1.29 is 18.7 Å². The zero-order valence-corrected chi connectivity index (χ0v) is 16.4. The van der Waals surface area contributed by atoms with Gasteiger partial charge in [0, 0.05) is 36.5 Å². The molecule has 0 atom stereocenters. The van der Waals surface area contributed by atoms with Gasteiger partial charge in [-0.2, -0.15) is 0 Å². The molecule has 1 aromatic heterocycles. The number of nitrogens with one attached hydrogen (secondary N) is 2. The highest BCUT2D eigenvalue weighted by atomic mass is 35.5. The molecule has 2 amide bonds. The molecule has 5 rings (SSSR count). The molecule has 3 saturated carbocycles. The number of pyridine rings is 1. The predicted molar refractivity (Wildman–Crippen MR) is 104 cm³/mol. The summed E-state index contributed by atoms with van der Waals surface area (Å²) in [4.78, 5) is 36.0. The van der Waals surface area contributed by atoms with Gasteiger partial charge in [-0.15, -0.1) is 0 Å². The molecule has 29 heavy (non-hydrogen) atoms. The Hall–Kier alpha value is -2.87. The van der Waals surface area contributed by atoms with Gasteiger partial charge in [0.2, 0.25) is 5.56 Å². The molecule has 152 valence electrons. The summed E-state index contributed by atoms with van der Waals surface area (Å²) in [5, 5.41) is 5.91. The Balaban J connectivity index is 1.25. The molecule has 3 fully saturated rings. The molecule has 1 aromatic carbocycles. The minimum atomic E-state index is -0.611. The Kier molecular flexibility index (Phi) is 4.61. The number of rotatable bonds is 6. The van der Waals surface area contributed by atoms with Crippen molar-refractivity contribution in [3.05, 3.63) is 63.3 Å². The van der Waals surface area contributed by atoms with Crippen molar-refractivity contribution in [3.8, 4) is 5.75 Å². The monoisotopic (exact) mass is 419 g/mol. The van der Waals surface area contributed by atoms with Crippen LogP contribution in [-0.2, 0) is 11.8 Å². The molecular weight excluding hydrogens is 401 g/mol. The highest BCUT2D eigenvalue weighted by Gasteiger charge is 2.69. The van der Waals surface area contributed by atoms with Gasteiger partial charge in [0.25, 0.3) is 11.8 Å². The number of amides is 2. The van der Waals surface area contributed by atoms with E-state index in [0.717, 1.165) is 6.07 Å². The van der Waals surface area contributed by atoms with Crippen LogP contribution in [0.4, 0.5) is 4.39 Å². The number of benzene rings is 1. The molecule has 3 aliphatic carbocycles. The van der Waals surface area contributed by atoms with Gasteiger partial charge in [-0.25, -0.2) is 4.39 Å². The van der Waals surface area contributed by atoms with Gasteiger partial charge in [-0.1, -0.05) is 11.6 Å². The zero-order valence-electron chi connectivity index (χ0n) is 15.6. The molecule has 0 unspecified atom stereocenters. The Morgan fingerprint density at radius 1 is 1.17 bits per heavy atom. The summed E-state index contributed by atoms with van der Waals surface area (Å²) in [5.41, 5.74) is -0.419. The summed E-state index contributed by atoms with van der Waals surface area (Å²) in [6.07, 6.45) is 3.41.